The van der Waals surface area contributed by atoms with Gasteiger partial charge in [-0.2, -0.15) is 17.5 Å². The van der Waals surface area contributed by atoms with E-state index in [1.54, 1.807) is 0 Å². The number of rotatable bonds is 7. The summed E-state index contributed by atoms with van der Waals surface area (Å²) in [6, 6.07) is 0.702. The van der Waals surface area contributed by atoms with Crippen molar-refractivity contribution in [2.45, 2.75) is 49.6 Å². The van der Waals surface area contributed by atoms with E-state index in [1.807, 2.05) is 0 Å². The fraction of sp³-hybridized carbons (Fsp3) is 0.688. The number of sulfonamides is 1. The predicted molar refractivity (Wildman–Crippen MR) is 89.9 cm³/mol. The van der Waals surface area contributed by atoms with E-state index in [0.717, 1.165) is 48.8 Å². The lowest BCUT2D eigenvalue weighted by Crippen LogP contribution is -2.38. The first kappa shape index (κ1) is 20.5. The molecule has 0 aliphatic heterocycles. The molecule has 25 heavy (non-hydrogen) atoms. The van der Waals surface area contributed by atoms with Crippen molar-refractivity contribution in [2.75, 3.05) is 19.0 Å². The number of nitrogens with zero attached hydrogens (tertiary/aromatic N) is 2. The third-order valence-electron chi connectivity index (χ3n) is 4.44. The smallest absolute Gasteiger partial charge is 0.263 e. The van der Waals surface area contributed by atoms with Gasteiger partial charge < -0.3 is 0 Å². The molecule has 1 aliphatic rings. The van der Waals surface area contributed by atoms with Gasteiger partial charge in [-0.1, -0.05) is 19.3 Å². The van der Waals surface area contributed by atoms with Gasteiger partial charge in [0.05, 0.1) is 5.56 Å². The van der Waals surface area contributed by atoms with Crippen molar-refractivity contribution in [3.05, 3.63) is 24.0 Å². The summed E-state index contributed by atoms with van der Waals surface area (Å²) in [6.45, 7) is 0.333. The third-order valence-corrected chi connectivity index (χ3v) is 6.60. The molecule has 1 heterocycles. The van der Waals surface area contributed by atoms with Crippen molar-refractivity contribution in [3.8, 4) is 0 Å². The summed E-state index contributed by atoms with van der Waals surface area (Å²) < 4.78 is 66.7. The highest BCUT2D eigenvalue weighted by Gasteiger charge is 2.39. The van der Waals surface area contributed by atoms with E-state index >= 15 is 0 Å². The fourth-order valence-electron chi connectivity index (χ4n) is 3.16. The zero-order chi connectivity index (χ0) is 18.5. The highest BCUT2D eigenvalue weighted by molar-refractivity contribution is 7.89. The van der Waals surface area contributed by atoms with Gasteiger partial charge in [-0.3, -0.25) is 4.98 Å². The zero-order valence-electron chi connectivity index (χ0n) is 13.8. The van der Waals surface area contributed by atoms with Crippen LogP contribution in [0.25, 0.3) is 0 Å². The van der Waals surface area contributed by atoms with Crippen molar-refractivity contribution >= 4 is 21.6 Å². The molecule has 0 unspecified atom stereocenters. The van der Waals surface area contributed by atoms with Gasteiger partial charge in [0, 0.05) is 31.4 Å². The Balaban J connectivity index is 2.34. The van der Waals surface area contributed by atoms with Crippen LogP contribution in [0, 0.1) is 5.92 Å². The van der Waals surface area contributed by atoms with Gasteiger partial charge >= 0.3 is 6.18 Å². The van der Waals surface area contributed by atoms with Crippen molar-refractivity contribution < 1.29 is 21.6 Å². The van der Waals surface area contributed by atoms with Gasteiger partial charge in [0.2, 0.25) is 10.0 Å². The van der Waals surface area contributed by atoms with Crippen LogP contribution in [0.1, 0.15) is 44.1 Å². The summed E-state index contributed by atoms with van der Waals surface area (Å²) in [5, 5.41) is 0. The first-order valence-electron chi connectivity index (χ1n) is 8.34. The van der Waals surface area contributed by atoms with Crippen molar-refractivity contribution in [1.29, 1.82) is 0 Å². The van der Waals surface area contributed by atoms with E-state index in [9.17, 15) is 21.6 Å². The van der Waals surface area contributed by atoms with E-state index in [1.165, 1.54) is 0 Å². The molecule has 1 aromatic rings. The maximum atomic E-state index is 13.2. The molecule has 2 rings (SSSR count). The number of pyridine rings is 1. The van der Waals surface area contributed by atoms with Gasteiger partial charge in [0.1, 0.15) is 4.90 Å². The van der Waals surface area contributed by atoms with Crippen molar-refractivity contribution in [1.82, 2.24) is 9.29 Å². The summed E-state index contributed by atoms with van der Waals surface area (Å²) in [4.78, 5) is 2.82. The van der Waals surface area contributed by atoms with Crippen LogP contribution < -0.4 is 0 Å². The molecule has 0 saturated heterocycles. The topological polar surface area (TPSA) is 50.3 Å². The lowest BCUT2D eigenvalue weighted by Gasteiger charge is -2.29. The van der Waals surface area contributed by atoms with Crippen LogP contribution in [0.5, 0.6) is 0 Å². The van der Waals surface area contributed by atoms with E-state index in [2.05, 4.69) is 4.98 Å². The van der Waals surface area contributed by atoms with Crippen LogP contribution in [0.2, 0.25) is 0 Å². The molecule has 0 N–H and O–H groups in total. The maximum Gasteiger partial charge on any atom is 0.417 e. The van der Waals surface area contributed by atoms with Crippen LogP contribution in [-0.4, -0.2) is 36.7 Å². The van der Waals surface area contributed by atoms with Gasteiger partial charge in [-0.15, -0.1) is 11.6 Å². The predicted octanol–water partition coefficient (Wildman–Crippen LogP) is 4.30. The molecule has 0 bridgehead atoms. The minimum Gasteiger partial charge on any atom is -0.263 e. The van der Waals surface area contributed by atoms with Crippen molar-refractivity contribution in [3.63, 3.8) is 0 Å². The number of alkyl halides is 4. The fourth-order valence-corrected chi connectivity index (χ4v) is 4.99. The van der Waals surface area contributed by atoms with Crippen LogP contribution in [0.15, 0.2) is 23.4 Å². The molecular weight excluding hydrogens is 377 g/mol. The van der Waals surface area contributed by atoms with Gasteiger partial charge in [0.15, 0.2) is 0 Å². The molecule has 1 saturated carbocycles. The Bertz CT molecular complexity index is 662. The monoisotopic (exact) mass is 398 g/mol. The summed E-state index contributed by atoms with van der Waals surface area (Å²) in [6.07, 6.45) is 2.32. The maximum absolute atomic E-state index is 13.2. The summed E-state index contributed by atoms with van der Waals surface area (Å²) >= 11 is 5.67. The molecule has 0 atom stereocenters. The molecule has 1 fully saturated rings. The first-order valence-corrected chi connectivity index (χ1v) is 10.3. The minimum atomic E-state index is -4.76. The largest absolute Gasteiger partial charge is 0.417 e. The Labute approximate surface area is 151 Å². The van der Waals surface area contributed by atoms with E-state index in [0.29, 0.717) is 12.5 Å². The average molecular weight is 399 g/mol. The third kappa shape index (κ3) is 5.31. The van der Waals surface area contributed by atoms with Gasteiger partial charge in [-0.05, 0) is 31.2 Å². The molecule has 1 aromatic heterocycles. The van der Waals surface area contributed by atoms with Crippen LogP contribution in [0.3, 0.4) is 0 Å². The van der Waals surface area contributed by atoms with Gasteiger partial charge in [0.25, 0.3) is 0 Å². The number of hydrogen-bond acceptors (Lipinski definition) is 3. The highest BCUT2D eigenvalue weighted by atomic mass is 35.5. The lowest BCUT2D eigenvalue weighted by molar-refractivity contribution is -0.140. The standard InChI is InChI=1S/C16H22ClF3N2O2S/c17-8-4-10-22(12-13-5-2-1-3-6-13)25(23,24)15-11-21-9-7-14(15)16(18,19)20/h7,9,11,13H,1-6,8,10,12H2. The van der Waals surface area contributed by atoms with Crippen LogP contribution in [-0.2, 0) is 16.2 Å². The van der Waals surface area contributed by atoms with Gasteiger partial charge in [-0.25, -0.2) is 8.42 Å². The molecular formula is C16H22ClF3N2O2S. The highest BCUT2D eigenvalue weighted by Crippen LogP contribution is 2.35. The molecule has 0 radical (unpaired) electrons. The Morgan fingerprint density at radius 1 is 1.24 bits per heavy atom. The minimum absolute atomic E-state index is 0.106. The Kier molecular flexibility index (Phi) is 7.10. The summed E-state index contributed by atoms with van der Waals surface area (Å²) in [5.74, 6) is 0.417. The molecule has 0 spiro atoms. The Morgan fingerprint density at radius 3 is 2.52 bits per heavy atom. The normalized spacial score (nSPS) is 17.2. The number of hydrogen-bond donors (Lipinski definition) is 0. The molecule has 4 nitrogen and oxygen atoms in total. The van der Waals surface area contributed by atoms with Crippen LogP contribution >= 0.6 is 11.6 Å². The zero-order valence-corrected chi connectivity index (χ0v) is 15.4. The Hall–Kier alpha value is -0.860. The van der Waals surface area contributed by atoms with E-state index < -0.39 is 26.7 Å². The molecule has 1 aliphatic carbocycles. The average Bonchev–Trinajstić information content (AvgIpc) is 2.58. The number of aromatic nitrogens is 1. The summed E-state index contributed by atoms with van der Waals surface area (Å²) in [5.41, 5.74) is -1.18. The lowest BCUT2D eigenvalue weighted by atomic mass is 9.89. The quantitative estimate of drug-likeness (QED) is 0.643. The summed E-state index contributed by atoms with van der Waals surface area (Å²) in [7, 11) is -4.29. The molecule has 0 amide bonds. The number of halogens is 4. The van der Waals surface area contributed by atoms with Crippen LogP contribution in [0.4, 0.5) is 13.2 Å². The first-order chi connectivity index (χ1) is 11.8. The SMILES string of the molecule is O=S(=O)(c1cnccc1C(F)(F)F)N(CCCCl)CC1CCCCC1. The molecule has 0 aromatic carbocycles. The van der Waals surface area contributed by atoms with Crippen molar-refractivity contribution in [2.24, 2.45) is 5.92 Å². The van der Waals surface area contributed by atoms with E-state index in [4.69, 9.17) is 11.6 Å². The second-order valence-electron chi connectivity index (χ2n) is 6.28. The van der Waals surface area contributed by atoms with E-state index in [-0.39, 0.29) is 24.9 Å². The second-order valence-corrected chi connectivity index (χ2v) is 8.56. The second kappa shape index (κ2) is 8.68. The molecule has 9 heteroatoms. The molecule has 142 valence electrons. The Morgan fingerprint density at radius 2 is 1.92 bits per heavy atom.